The van der Waals surface area contributed by atoms with E-state index in [1.54, 1.807) is 6.20 Å². The van der Waals surface area contributed by atoms with Crippen LogP contribution in [0.25, 0.3) is 44.6 Å². The Morgan fingerprint density at radius 2 is 1.89 bits per heavy atom. The van der Waals surface area contributed by atoms with Crippen LogP contribution in [-0.2, 0) is 0 Å². The number of halogens is 1. The van der Waals surface area contributed by atoms with Crippen LogP contribution < -0.4 is 5.73 Å². The minimum absolute atomic E-state index is 0.301. The third-order valence-corrected chi connectivity index (χ3v) is 7.81. The normalized spacial score (nSPS) is 19.9. The van der Waals surface area contributed by atoms with E-state index < -0.39 is 0 Å². The van der Waals surface area contributed by atoms with E-state index in [4.69, 9.17) is 27.4 Å². The van der Waals surface area contributed by atoms with Crippen molar-refractivity contribution in [3.63, 3.8) is 0 Å². The summed E-state index contributed by atoms with van der Waals surface area (Å²) in [6.07, 6.45) is 6.79. The number of anilines is 1. The molecule has 2 aliphatic rings. The number of fused-ring (bicyclic) bond motifs is 2. The van der Waals surface area contributed by atoms with Gasteiger partial charge in [0.15, 0.2) is 5.65 Å². The molecular weight excluding hydrogens is 472 g/mol. The average Bonchev–Trinajstić information content (AvgIpc) is 3.22. The number of rotatable bonds is 5. The molecule has 4 aromatic heterocycles. The second kappa shape index (κ2) is 8.50. The molecule has 5 heterocycles. The molecule has 2 fully saturated rings. The van der Waals surface area contributed by atoms with Gasteiger partial charge in [0.1, 0.15) is 17.8 Å². The quantitative estimate of drug-likeness (QED) is 0.365. The summed E-state index contributed by atoms with van der Waals surface area (Å²) >= 11 is 6.81. The highest BCUT2D eigenvalue weighted by Crippen LogP contribution is 2.43. The van der Waals surface area contributed by atoms with E-state index in [0.29, 0.717) is 28.5 Å². The van der Waals surface area contributed by atoms with Gasteiger partial charge < -0.3 is 10.6 Å². The summed E-state index contributed by atoms with van der Waals surface area (Å²) < 4.78 is 2.04. The summed E-state index contributed by atoms with van der Waals surface area (Å²) in [5.41, 5.74) is 11.0. The fourth-order valence-electron chi connectivity index (χ4n) is 5.40. The van der Waals surface area contributed by atoms with Crippen molar-refractivity contribution in [1.29, 1.82) is 0 Å². The number of nitrogen functional groups attached to an aromatic ring is 1. The predicted octanol–water partition coefficient (Wildman–Crippen LogP) is 5.00. The van der Waals surface area contributed by atoms with Gasteiger partial charge in [-0.1, -0.05) is 23.7 Å². The van der Waals surface area contributed by atoms with Crippen LogP contribution >= 0.6 is 11.6 Å². The first-order valence-electron chi connectivity index (χ1n) is 12.4. The first-order valence-corrected chi connectivity index (χ1v) is 12.7. The molecule has 36 heavy (non-hydrogen) atoms. The van der Waals surface area contributed by atoms with Gasteiger partial charge in [-0.15, -0.1) is 0 Å². The van der Waals surface area contributed by atoms with Gasteiger partial charge in [-0.2, -0.15) is 5.10 Å². The lowest BCUT2D eigenvalue weighted by Crippen LogP contribution is -2.44. The molecule has 1 aromatic carbocycles. The molecule has 0 radical (unpaired) electrons. The van der Waals surface area contributed by atoms with Gasteiger partial charge in [-0.3, -0.25) is 4.98 Å². The van der Waals surface area contributed by atoms with Gasteiger partial charge in [0.05, 0.1) is 33.4 Å². The zero-order chi connectivity index (χ0) is 24.2. The van der Waals surface area contributed by atoms with Crippen molar-refractivity contribution in [3.05, 3.63) is 60.0 Å². The fourth-order valence-corrected chi connectivity index (χ4v) is 5.66. The first kappa shape index (κ1) is 21.6. The van der Waals surface area contributed by atoms with Crippen molar-refractivity contribution >= 4 is 39.4 Å². The van der Waals surface area contributed by atoms with E-state index in [-0.39, 0.29) is 0 Å². The molecule has 1 aliphatic carbocycles. The maximum absolute atomic E-state index is 6.81. The zero-order valence-electron chi connectivity index (χ0n) is 19.7. The second-order valence-corrected chi connectivity index (χ2v) is 10.2. The van der Waals surface area contributed by atoms with Crippen molar-refractivity contribution in [2.24, 2.45) is 5.92 Å². The summed E-state index contributed by atoms with van der Waals surface area (Å²) in [6.45, 7) is 3.65. The van der Waals surface area contributed by atoms with Crippen LogP contribution in [0.2, 0.25) is 5.02 Å². The van der Waals surface area contributed by atoms with E-state index in [2.05, 4.69) is 19.9 Å². The molecule has 8 nitrogen and oxygen atoms in total. The summed E-state index contributed by atoms with van der Waals surface area (Å²) in [5, 5.41) is 7.32. The number of nitrogens with two attached hydrogens (primary N) is 1. The lowest BCUT2D eigenvalue weighted by molar-refractivity contribution is 0.0880. The van der Waals surface area contributed by atoms with Crippen molar-refractivity contribution < 1.29 is 0 Å². The van der Waals surface area contributed by atoms with Crippen LogP contribution in [-0.4, -0.2) is 54.3 Å². The molecule has 0 unspecified atom stereocenters. The Bertz CT molecular complexity index is 1590. The summed E-state index contributed by atoms with van der Waals surface area (Å²) in [4.78, 5) is 20.7. The predicted molar refractivity (Wildman–Crippen MR) is 142 cm³/mol. The fraction of sp³-hybridized carbons (Fsp3) is 0.296. The number of benzene rings is 1. The number of pyridine rings is 2. The van der Waals surface area contributed by atoms with Crippen LogP contribution in [0.1, 0.15) is 25.3 Å². The van der Waals surface area contributed by atoms with Crippen LogP contribution in [0, 0.1) is 5.92 Å². The molecule has 0 amide bonds. The van der Waals surface area contributed by atoms with Crippen LogP contribution in [0.5, 0.6) is 0 Å². The molecule has 180 valence electrons. The topological polar surface area (TPSA) is 98.6 Å². The summed E-state index contributed by atoms with van der Waals surface area (Å²) in [7, 11) is 0. The van der Waals surface area contributed by atoms with Crippen LogP contribution in [0.15, 0.2) is 55.0 Å². The Hall–Kier alpha value is -3.62. The molecule has 5 aromatic rings. The molecule has 0 spiro atoms. The highest BCUT2D eigenvalue weighted by atomic mass is 35.5. The lowest BCUT2D eigenvalue weighted by atomic mass is 9.79. The molecule has 1 saturated carbocycles. The number of aromatic nitrogens is 6. The van der Waals surface area contributed by atoms with Gasteiger partial charge in [0.2, 0.25) is 0 Å². The van der Waals surface area contributed by atoms with Crippen LogP contribution in [0.3, 0.4) is 0 Å². The Balaban J connectivity index is 1.30. The minimum Gasteiger partial charge on any atom is -0.383 e. The van der Waals surface area contributed by atoms with Gasteiger partial charge in [0.25, 0.3) is 0 Å². The average molecular weight is 497 g/mol. The van der Waals surface area contributed by atoms with Gasteiger partial charge in [0, 0.05) is 23.7 Å². The van der Waals surface area contributed by atoms with Crippen molar-refractivity contribution in [2.75, 3.05) is 25.4 Å². The highest BCUT2D eigenvalue weighted by molar-refractivity contribution is 6.34. The van der Waals surface area contributed by atoms with Crippen LogP contribution in [0.4, 0.5) is 5.82 Å². The van der Waals surface area contributed by atoms with E-state index in [1.165, 1.54) is 32.4 Å². The molecule has 1 saturated heterocycles. The zero-order valence-corrected chi connectivity index (χ0v) is 20.4. The van der Waals surface area contributed by atoms with Gasteiger partial charge in [-0.25, -0.2) is 19.6 Å². The van der Waals surface area contributed by atoms with E-state index in [1.807, 2.05) is 47.1 Å². The van der Waals surface area contributed by atoms with Gasteiger partial charge in [-0.05, 0) is 68.6 Å². The summed E-state index contributed by atoms with van der Waals surface area (Å²) in [5.74, 6) is 1.11. The third kappa shape index (κ3) is 3.60. The largest absolute Gasteiger partial charge is 0.383 e. The third-order valence-electron chi connectivity index (χ3n) is 7.50. The lowest BCUT2D eigenvalue weighted by Gasteiger charge is -2.41. The highest BCUT2D eigenvalue weighted by Gasteiger charge is 2.35. The van der Waals surface area contributed by atoms with Crippen molar-refractivity contribution in [1.82, 2.24) is 34.6 Å². The Morgan fingerprint density at radius 1 is 1.00 bits per heavy atom. The molecule has 7 rings (SSSR count). The van der Waals surface area contributed by atoms with E-state index >= 15 is 0 Å². The SMILES string of the molecule is Nc1ncnc2c1c(-c1cc3nc(-c4ccccn4)ccc3cc1Cl)nn2C1CC(CN2CCC2)C1. The molecule has 9 heteroatoms. The Morgan fingerprint density at radius 3 is 2.67 bits per heavy atom. The first-order chi connectivity index (χ1) is 17.6. The Kier molecular flexibility index (Phi) is 5.11. The van der Waals surface area contributed by atoms with E-state index in [9.17, 15) is 0 Å². The number of likely N-dealkylation sites (tertiary alicyclic amines) is 1. The molecule has 1 aliphatic heterocycles. The molecular formula is C27H25ClN8. The molecule has 0 atom stereocenters. The molecule has 2 N–H and O–H groups in total. The monoisotopic (exact) mass is 496 g/mol. The number of hydrogen-bond donors (Lipinski definition) is 1. The maximum Gasteiger partial charge on any atom is 0.164 e. The van der Waals surface area contributed by atoms with Crippen molar-refractivity contribution in [3.8, 4) is 22.6 Å². The molecule has 0 bridgehead atoms. The van der Waals surface area contributed by atoms with E-state index in [0.717, 1.165) is 51.7 Å². The van der Waals surface area contributed by atoms with Crippen molar-refractivity contribution in [2.45, 2.75) is 25.3 Å². The standard InChI is InChI=1S/C27H25ClN8/c28-20-12-17-5-6-22(21-4-1-2-7-30-21)33-23(17)13-19(20)25-24-26(29)31-15-32-27(24)36(34-25)18-10-16(11-18)14-35-8-3-9-35/h1-2,4-7,12-13,15-16,18H,3,8-11,14H2,(H2,29,31,32). The van der Waals surface area contributed by atoms with Gasteiger partial charge >= 0.3 is 0 Å². The minimum atomic E-state index is 0.301. The summed E-state index contributed by atoms with van der Waals surface area (Å²) in [6, 6.07) is 14.0. The maximum atomic E-state index is 6.81. The Labute approximate surface area is 213 Å². The second-order valence-electron chi connectivity index (χ2n) is 9.83. The smallest absolute Gasteiger partial charge is 0.164 e. The number of nitrogens with zero attached hydrogens (tertiary/aromatic N) is 7. The number of hydrogen-bond acceptors (Lipinski definition) is 7.